The molecule has 1 aliphatic rings. The third kappa shape index (κ3) is 3.95. The summed E-state index contributed by atoms with van der Waals surface area (Å²) < 4.78 is 65.6. The van der Waals surface area contributed by atoms with Crippen LogP contribution in [0.2, 0.25) is 0 Å². The molecule has 2 rings (SSSR count). The van der Waals surface area contributed by atoms with E-state index < -0.39 is 28.3 Å². The fourth-order valence-electron chi connectivity index (χ4n) is 2.17. The molecule has 1 aliphatic heterocycles. The van der Waals surface area contributed by atoms with Crippen LogP contribution in [0.4, 0.5) is 13.2 Å². The first kappa shape index (κ1) is 16.2. The molecular formula is C11H17F3N4O2S. The van der Waals surface area contributed by atoms with Crippen LogP contribution in [-0.2, 0) is 16.6 Å². The van der Waals surface area contributed by atoms with Crippen LogP contribution < -0.4 is 10.0 Å². The van der Waals surface area contributed by atoms with Crippen molar-refractivity contribution in [1.29, 1.82) is 0 Å². The largest absolute Gasteiger partial charge is 0.403 e. The highest BCUT2D eigenvalue weighted by Crippen LogP contribution is 2.26. The quantitative estimate of drug-likeness (QED) is 0.861. The molecule has 0 spiro atoms. The van der Waals surface area contributed by atoms with Crippen LogP contribution in [-0.4, -0.2) is 42.8 Å². The zero-order chi connectivity index (χ0) is 15.7. The monoisotopic (exact) mass is 326 g/mol. The predicted molar refractivity (Wildman–Crippen MR) is 69.1 cm³/mol. The van der Waals surface area contributed by atoms with E-state index in [-0.39, 0.29) is 24.4 Å². The maximum Gasteiger partial charge on any atom is 0.403 e. The first-order valence-electron chi connectivity index (χ1n) is 6.56. The molecule has 1 aromatic heterocycles. The third-order valence-electron chi connectivity index (χ3n) is 3.38. The normalized spacial score (nSPS) is 24.2. The van der Waals surface area contributed by atoms with Crippen molar-refractivity contribution in [3.8, 4) is 0 Å². The first-order valence-corrected chi connectivity index (χ1v) is 8.05. The van der Waals surface area contributed by atoms with Crippen LogP contribution in [0.1, 0.15) is 19.8 Å². The van der Waals surface area contributed by atoms with Crippen LogP contribution in [0.5, 0.6) is 0 Å². The van der Waals surface area contributed by atoms with Gasteiger partial charge in [-0.05, 0) is 19.8 Å². The highest BCUT2D eigenvalue weighted by atomic mass is 32.2. The first-order chi connectivity index (χ1) is 9.72. The molecule has 0 aliphatic carbocycles. The van der Waals surface area contributed by atoms with Crippen molar-refractivity contribution in [3.63, 3.8) is 0 Å². The van der Waals surface area contributed by atoms with Gasteiger partial charge < -0.3 is 9.88 Å². The number of rotatable bonds is 4. The van der Waals surface area contributed by atoms with E-state index in [4.69, 9.17) is 0 Å². The molecule has 0 aromatic carbocycles. The Bertz CT molecular complexity index is 577. The SMILES string of the molecule is CCn1cnc(S(=O)(=O)NC2CCC(C(F)(F)F)NC2)c1. The Hall–Kier alpha value is -1.13. The molecule has 1 aromatic rings. The molecule has 2 N–H and O–H groups in total. The number of hydrogen-bond acceptors (Lipinski definition) is 4. The van der Waals surface area contributed by atoms with Crippen molar-refractivity contribution in [2.45, 2.75) is 49.6 Å². The van der Waals surface area contributed by atoms with Gasteiger partial charge >= 0.3 is 6.18 Å². The fraction of sp³-hybridized carbons (Fsp3) is 0.727. The molecule has 0 amide bonds. The smallest absolute Gasteiger partial charge is 0.336 e. The number of aromatic nitrogens is 2. The van der Waals surface area contributed by atoms with Crippen molar-refractivity contribution < 1.29 is 21.6 Å². The van der Waals surface area contributed by atoms with E-state index in [2.05, 4.69) is 15.0 Å². The molecule has 120 valence electrons. The van der Waals surface area contributed by atoms with Crippen LogP contribution in [0.25, 0.3) is 0 Å². The highest BCUT2D eigenvalue weighted by molar-refractivity contribution is 7.89. The molecule has 1 fully saturated rings. The van der Waals surface area contributed by atoms with Crippen molar-refractivity contribution in [2.24, 2.45) is 0 Å². The maximum absolute atomic E-state index is 12.5. The standard InChI is InChI=1S/C11H17F3N4O2S/c1-2-18-6-10(16-7-18)21(19,20)17-8-3-4-9(15-5-8)11(12,13)14/h6-9,15,17H,2-5H2,1H3. The second-order valence-corrected chi connectivity index (χ2v) is 6.60. The summed E-state index contributed by atoms with van der Waals surface area (Å²) in [7, 11) is -3.81. The number of alkyl halides is 3. The Kier molecular flexibility index (Phi) is 4.59. The van der Waals surface area contributed by atoms with E-state index in [9.17, 15) is 21.6 Å². The van der Waals surface area contributed by atoms with Gasteiger partial charge in [0.2, 0.25) is 0 Å². The minimum Gasteiger partial charge on any atom is -0.336 e. The minimum atomic E-state index is -4.30. The number of imidazole rings is 1. The van der Waals surface area contributed by atoms with Crippen LogP contribution in [0.15, 0.2) is 17.6 Å². The Balaban J connectivity index is 1.96. The van der Waals surface area contributed by atoms with Crippen molar-refractivity contribution in [2.75, 3.05) is 6.54 Å². The van der Waals surface area contributed by atoms with E-state index in [1.807, 2.05) is 6.92 Å². The molecule has 21 heavy (non-hydrogen) atoms. The van der Waals surface area contributed by atoms with Gasteiger partial charge in [0.05, 0.1) is 6.33 Å². The summed E-state index contributed by atoms with van der Waals surface area (Å²) in [5.74, 6) is 0. The maximum atomic E-state index is 12.5. The number of hydrogen-bond donors (Lipinski definition) is 2. The van der Waals surface area contributed by atoms with Crippen molar-refractivity contribution in [3.05, 3.63) is 12.5 Å². The number of nitrogens with one attached hydrogen (secondary N) is 2. The van der Waals surface area contributed by atoms with E-state index in [0.717, 1.165) is 0 Å². The molecule has 2 heterocycles. The van der Waals surface area contributed by atoms with E-state index in [0.29, 0.717) is 6.54 Å². The van der Waals surface area contributed by atoms with Gasteiger partial charge in [-0.1, -0.05) is 0 Å². The summed E-state index contributed by atoms with van der Waals surface area (Å²) in [6.07, 6.45) is -1.54. The summed E-state index contributed by atoms with van der Waals surface area (Å²) >= 11 is 0. The summed E-state index contributed by atoms with van der Waals surface area (Å²) in [4.78, 5) is 3.79. The van der Waals surface area contributed by atoms with Gasteiger partial charge in [0.25, 0.3) is 10.0 Å². The van der Waals surface area contributed by atoms with Crippen LogP contribution in [0, 0.1) is 0 Å². The van der Waals surface area contributed by atoms with E-state index >= 15 is 0 Å². The van der Waals surface area contributed by atoms with Crippen LogP contribution in [0.3, 0.4) is 0 Å². The van der Waals surface area contributed by atoms with E-state index in [1.165, 1.54) is 12.5 Å². The van der Waals surface area contributed by atoms with Crippen LogP contribution >= 0.6 is 0 Å². The van der Waals surface area contributed by atoms with Crippen molar-refractivity contribution >= 4 is 10.0 Å². The number of sulfonamides is 1. The number of nitrogens with zero attached hydrogens (tertiary/aromatic N) is 2. The van der Waals surface area contributed by atoms with Gasteiger partial charge in [0.15, 0.2) is 5.03 Å². The van der Waals surface area contributed by atoms with Gasteiger partial charge in [-0.2, -0.15) is 13.2 Å². The van der Waals surface area contributed by atoms with Gasteiger partial charge in [-0.25, -0.2) is 18.1 Å². The third-order valence-corrected chi connectivity index (χ3v) is 4.79. The molecule has 2 unspecified atom stereocenters. The minimum absolute atomic E-state index is 0.0576. The number of halogens is 3. The molecule has 1 saturated heterocycles. The zero-order valence-electron chi connectivity index (χ0n) is 11.4. The number of aryl methyl sites for hydroxylation is 1. The summed E-state index contributed by atoms with van der Waals surface area (Å²) in [6.45, 7) is 2.37. The lowest BCUT2D eigenvalue weighted by Crippen LogP contribution is -2.54. The zero-order valence-corrected chi connectivity index (χ0v) is 12.2. The van der Waals surface area contributed by atoms with Crippen molar-refractivity contribution in [1.82, 2.24) is 19.6 Å². The molecule has 0 bridgehead atoms. The van der Waals surface area contributed by atoms with Gasteiger partial charge in [0.1, 0.15) is 6.04 Å². The summed E-state index contributed by atoms with van der Waals surface area (Å²) in [6, 6.07) is -2.14. The lowest BCUT2D eigenvalue weighted by Gasteiger charge is -2.31. The predicted octanol–water partition coefficient (Wildman–Crippen LogP) is 0.864. The lowest BCUT2D eigenvalue weighted by molar-refractivity contribution is -0.160. The molecule has 0 saturated carbocycles. The fourth-order valence-corrected chi connectivity index (χ4v) is 3.39. The Morgan fingerprint density at radius 3 is 2.67 bits per heavy atom. The summed E-state index contributed by atoms with van der Waals surface area (Å²) in [5.41, 5.74) is 0. The Morgan fingerprint density at radius 1 is 1.48 bits per heavy atom. The second kappa shape index (κ2) is 5.93. The molecule has 0 radical (unpaired) electrons. The molecule has 6 nitrogen and oxygen atoms in total. The second-order valence-electron chi connectivity index (χ2n) is 4.94. The highest BCUT2D eigenvalue weighted by Gasteiger charge is 2.42. The molecule has 10 heteroatoms. The Morgan fingerprint density at radius 2 is 2.19 bits per heavy atom. The van der Waals surface area contributed by atoms with Gasteiger partial charge in [0, 0.05) is 25.3 Å². The van der Waals surface area contributed by atoms with Gasteiger partial charge in [-0.15, -0.1) is 0 Å². The molecule has 2 atom stereocenters. The average Bonchev–Trinajstić information content (AvgIpc) is 2.87. The van der Waals surface area contributed by atoms with E-state index in [1.54, 1.807) is 4.57 Å². The lowest BCUT2D eigenvalue weighted by atomic mass is 10.0. The number of piperidine rings is 1. The Labute approximate surface area is 120 Å². The van der Waals surface area contributed by atoms with Gasteiger partial charge in [-0.3, -0.25) is 0 Å². The molecular weight excluding hydrogens is 309 g/mol. The summed E-state index contributed by atoms with van der Waals surface area (Å²) in [5, 5.41) is 2.20. The average molecular weight is 326 g/mol. The topological polar surface area (TPSA) is 76.0 Å².